The first-order valence-electron chi connectivity index (χ1n) is 13.3. The quantitative estimate of drug-likeness (QED) is 0.236. The Labute approximate surface area is 225 Å². The van der Waals surface area contributed by atoms with Crippen LogP contribution in [0, 0.1) is 20.8 Å². The highest BCUT2D eigenvalue weighted by Crippen LogP contribution is 2.41. The molecule has 8 aromatic rings. The van der Waals surface area contributed by atoms with Crippen LogP contribution in [0.3, 0.4) is 0 Å². The van der Waals surface area contributed by atoms with E-state index in [4.69, 9.17) is 14.4 Å². The molecule has 8 rings (SSSR count). The molecule has 0 radical (unpaired) electrons. The molecule has 0 saturated heterocycles. The number of benzene rings is 5. The summed E-state index contributed by atoms with van der Waals surface area (Å²) in [5, 5.41) is 5.54. The summed E-state index contributed by atoms with van der Waals surface area (Å²) in [5.41, 5.74) is 10.4. The number of nitrogens with zero attached hydrogens (tertiary/aromatic N) is 3. The molecule has 0 fully saturated rings. The fraction of sp³-hybridized carbons (Fsp3) is 0.0857. The normalized spacial score (nSPS) is 12.0. The van der Waals surface area contributed by atoms with Gasteiger partial charge in [-0.2, -0.15) is 0 Å². The van der Waals surface area contributed by atoms with Crippen LogP contribution in [0.1, 0.15) is 16.7 Å². The summed E-state index contributed by atoms with van der Waals surface area (Å²) in [6.07, 6.45) is 0. The van der Waals surface area contributed by atoms with Crippen molar-refractivity contribution in [2.45, 2.75) is 20.8 Å². The Hall–Kier alpha value is -4.96. The molecule has 5 aromatic carbocycles. The molecule has 39 heavy (non-hydrogen) atoms. The van der Waals surface area contributed by atoms with Gasteiger partial charge >= 0.3 is 0 Å². The third kappa shape index (κ3) is 3.18. The van der Waals surface area contributed by atoms with Crippen LogP contribution in [0.15, 0.2) is 101 Å². The lowest BCUT2D eigenvalue weighted by atomic mass is 10.0. The van der Waals surface area contributed by atoms with Gasteiger partial charge in [-0.1, -0.05) is 71.8 Å². The molecule has 0 aliphatic heterocycles. The molecular weight excluding hydrogens is 478 g/mol. The highest BCUT2D eigenvalue weighted by Gasteiger charge is 2.21. The topological polar surface area (TPSA) is 43.9 Å². The number of fused-ring (bicyclic) bond motifs is 8. The minimum Gasteiger partial charge on any atom is -0.455 e. The average Bonchev–Trinajstić information content (AvgIpc) is 3.49. The third-order valence-electron chi connectivity index (χ3n) is 7.83. The fourth-order valence-corrected chi connectivity index (χ4v) is 6.01. The van der Waals surface area contributed by atoms with E-state index in [-0.39, 0.29) is 0 Å². The number of hydrogen-bond acceptors (Lipinski definition) is 3. The molecule has 4 nitrogen and oxygen atoms in total. The molecule has 0 saturated carbocycles. The monoisotopic (exact) mass is 503 g/mol. The zero-order valence-corrected chi connectivity index (χ0v) is 22.0. The second-order valence-electron chi connectivity index (χ2n) is 10.5. The van der Waals surface area contributed by atoms with E-state index in [9.17, 15) is 0 Å². The van der Waals surface area contributed by atoms with E-state index in [0.29, 0.717) is 5.95 Å². The Morgan fingerprint density at radius 3 is 2.26 bits per heavy atom. The van der Waals surface area contributed by atoms with Crippen LogP contribution < -0.4 is 0 Å². The Morgan fingerprint density at radius 1 is 0.590 bits per heavy atom. The van der Waals surface area contributed by atoms with Gasteiger partial charge in [0.1, 0.15) is 11.2 Å². The first-order valence-corrected chi connectivity index (χ1v) is 13.3. The van der Waals surface area contributed by atoms with Gasteiger partial charge in [-0.05, 0) is 62.7 Å². The zero-order chi connectivity index (χ0) is 26.2. The van der Waals surface area contributed by atoms with Crippen molar-refractivity contribution in [1.29, 1.82) is 0 Å². The van der Waals surface area contributed by atoms with Crippen LogP contribution in [-0.2, 0) is 0 Å². The summed E-state index contributed by atoms with van der Waals surface area (Å²) in [6.45, 7) is 6.35. The average molecular weight is 504 g/mol. The van der Waals surface area contributed by atoms with Gasteiger partial charge in [0.2, 0.25) is 5.95 Å². The van der Waals surface area contributed by atoms with Gasteiger partial charge in [0.25, 0.3) is 0 Å². The minimum absolute atomic E-state index is 0.653. The summed E-state index contributed by atoms with van der Waals surface area (Å²) >= 11 is 0. The molecule has 0 unspecified atom stereocenters. The highest BCUT2D eigenvalue weighted by molar-refractivity contribution is 6.24. The van der Waals surface area contributed by atoms with Crippen molar-refractivity contribution in [3.8, 4) is 17.2 Å². The summed E-state index contributed by atoms with van der Waals surface area (Å²) in [5.74, 6) is 0.653. The van der Waals surface area contributed by atoms with Crippen molar-refractivity contribution in [3.63, 3.8) is 0 Å². The van der Waals surface area contributed by atoms with Crippen LogP contribution >= 0.6 is 0 Å². The lowest BCUT2D eigenvalue weighted by Gasteiger charge is -2.12. The van der Waals surface area contributed by atoms with Crippen molar-refractivity contribution in [1.82, 2.24) is 14.5 Å². The van der Waals surface area contributed by atoms with E-state index >= 15 is 0 Å². The number of hydrogen-bond donors (Lipinski definition) is 0. The largest absolute Gasteiger partial charge is 0.455 e. The predicted molar refractivity (Wildman–Crippen MR) is 161 cm³/mol. The van der Waals surface area contributed by atoms with Crippen molar-refractivity contribution >= 4 is 54.6 Å². The maximum Gasteiger partial charge on any atom is 0.235 e. The lowest BCUT2D eigenvalue weighted by Crippen LogP contribution is -2.03. The van der Waals surface area contributed by atoms with Crippen molar-refractivity contribution in [3.05, 3.63) is 114 Å². The van der Waals surface area contributed by atoms with Crippen LogP contribution in [0.2, 0.25) is 0 Å². The van der Waals surface area contributed by atoms with Crippen molar-refractivity contribution < 1.29 is 4.42 Å². The molecule has 0 atom stereocenters. The van der Waals surface area contributed by atoms with Crippen LogP contribution in [-0.4, -0.2) is 14.5 Å². The third-order valence-corrected chi connectivity index (χ3v) is 7.83. The Morgan fingerprint density at radius 2 is 1.36 bits per heavy atom. The number of aryl methyl sites for hydroxylation is 3. The van der Waals surface area contributed by atoms with Gasteiger partial charge in [-0.15, -0.1) is 0 Å². The maximum atomic E-state index is 6.62. The molecular formula is C35H25N3O. The van der Waals surface area contributed by atoms with Gasteiger partial charge in [-0.25, -0.2) is 9.97 Å². The molecule has 3 heterocycles. The Balaban J connectivity index is 1.53. The van der Waals surface area contributed by atoms with Crippen LogP contribution in [0.5, 0.6) is 0 Å². The molecule has 0 aliphatic carbocycles. The van der Waals surface area contributed by atoms with Gasteiger partial charge in [0, 0.05) is 27.1 Å². The summed E-state index contributed by atoms with van der Waals surface area (Å²) in [6, 6.07) is 34.1. The lowest BCUT2D eigenvalue weighted by molar-refractivity contribution is 0.669. The predicted octanol–water partition coefficient (Wildman–Crippen LogP) is 9.22. The second-order valence-corrected chi connectivity index (χ2v) is 10.5. The van der Waals surface area contributed by atoms with Gasteiger partial charge < -0.3 is 4.42 Å². The molecule has 0 spiro atoms. The minimum atomic E-state index is 0.653. The smallest absolute Gasteiger partial charge is 0.235 e. The van der Waals surface area contributed by atoms with E-state index in [1.165, 1.54) is 11.1 Å². The number of aromatic nitrogens is 3. The van der Waals surface area contributed by atoms with E-state index < -0.39 is 0 Å². The van der Waals surface area contributed by atoms with Crippen molar-refractivity contribution in [2.24, 2.45) is 0 Å². The van der Waals surface area contributed by atoms with Gasteiger partial charge in [-0.3, -0.25) is 4.57 Å². The molecule has 0 N–H and O–H groups in total. The van der Waals surface area contributed by atoms with Crippen molar-refractivity contribution in [2.75, 3.05) is 0 Å². The van der Waals surface area contributed by atoms with Gasteiger partial charge in [0.05, 0.1) is 27.6 Å². The second kappa shape index (κ2) is 8.02. The number of para-hydroxylation sites is 2. The molecule has 3 aromatic heterocycles. The number of furan rings is 1. The summed E-state index contributed by atoms with van der Waals surface area (Å²) in [7, 11) is 0. The fourth-order valence-electron chi connectivity index (χ4n) is 6.01. The highest BCUT2D eigenvalue weighted by atomic mass is 16.3. The maximum absolute atomic E-state index is 6.62. The first-order chi connectivity index (χ1) is 19.1. The summed E-state index contributed by atoms with van der Waals surface area (Å²) in [4.78, 5) is 10.3. The molecule has 0 amide bonds. The standard InChI is InChI=1S/C35H25N3O/c1-20-8-6-10-23(18-20)32-26-11-4-5-13-28(26)36-35(37-32)38-29-16-14-21(2)19-27(29)31-30(38)17-15-25-24-12-7-9-22(3)33(24)39-34(25)31/h4-19H,1-3H3. The van der Waals surface area contributed by atoms with E-state index in [1.807, 2.05) is 12.1 Å². The van der Waals surface area contributed by atoms with E-state index in [0.717, 1.165) is 71.5 Å². The molecule has 0 bridgehead atoms. The Kier molecular flexibility index (Phi) is 4.54. The molecule has 186 valence electrons. The zero-order valence-electron chi connectivity index (χ0n) is 22.0. The summed E-state index contributed by atoms with van der Waals surface area (Å²) < 4.78 is 8.81. The molecule has 0 aliphatic rings. The number of rotatable bonds is 2. The molecule has 4 heteroatoms. The van der Waals surface area contributed by atoms with Gasteiger partial charge in [0.15, 0.2) is 0 Å². The van der Waals surface area contributed by atoms with E-state index in [2.05, 4.69) is 110 Å². The first kappa shape index (κ1) is 22.1. The van der Waals surface area contributed by atoms with Crippen LogP contribution in [0.25, 0.3) is 71.9 Å². The van der Waals surface area contributed by atoms with Crippen LogP contribution in [0.4, 0.5) is 0 Å². The SMILES string of the molecule is Cc1cccc(-c2nc(-n3c4ccc(C)cc4c4c5oc6c(C)cccc6c5ccc43)nc3ccccc23)c1. The Bertz CT molecular complexity index is 2270. The van der Waals surface area contributed by atoms with E-state index in [1.54, 1.807) is 0 Å².